The van der Waals surface area contributed by atoms with Crippen LogP contribution in [0.5, 0.6) is 0 Å². The largest absolute Gasteiger partial charge is 0.467 e. The van der Waals surface area contributed by atoms with Gasteiger partial charge in [0.05, 0.1) is 12.8 Å². The molecule has 0 spiro atoms. The van der Waals surface area contributed by atoms with E-state index in [1.807, 2.05) is 0 Å². The fourth-order valence-electron chi connectivity index (χ4n) is 1.58. The summed E-state index contributed by atoms with van der Waals surface area (Å²) in [5.74, 6) is -0.000700. The topological polar surface area (TPSA) is 61.2 Å². The van der Waals surface area contributed by atoms with E-state index in [1.54, 1.807) is 13.0 Å². The molecular weight excluding hydrogens is 208 g/mol. The molecule has 1 aromatic heterocycles. The number of hydrogen-bond acceptors (Lipinski definition) is 4. The van der Waals surface area contributed by atoms with Crippen molar-refractivity contribution >= 4 is 5.97 Å². The van der Waals surface area contributed by atoms with Gasteiger partial charge in [-0.1, -0.05) is 0 Å². The average molecular weight is 222 g/mol. The fourth-order valence-corrected chi connectivity index (χ4v) is 1.58. The second-order valence-corrected chi connectivity index (χ2v) is 4.01. The van der Waals surface area contributed by atoms with Crippen molar-refractivity contribution in [1.29, 1.82) is 0 Å². The van der Waals surface area contributed by atoms with Crippen LogP contribution in [0.15, 0.2) is 16.9 Å². The van der Waals surface area contributed by atoms with Gasteiger partial charge < -0.3 is 4.74 Å². The van der Waals surface area contributed by atoms with E-state index in [0.717, 1.165) is 18.5 Å². The molecule has 16 heavy (non-hydrogen) atoms. The van der Waals surface area contributed by atoms with Crippen LogP contribution in [0.4, 0.5) is 0 Å². The number of ether oxygens (including phenoxy) is 1. The van der Waals surface area contributed by atoms with Crippen molar-refractivity contribution in [3.8, 4) is 0 Å². The van der Waals surface area contributed by atoms with Crippen LogP contribution in [0, 0.1) is 0 Å². The number of carbonyl (C=O) groups excluding carboxylic acids is 1. The maximum absolute atomic E-state index is 11.6. The number of methoxy groups -OCH3 is 1. The number of rotatable bonds is 3. The normalized spacial score (nSPS) is 16.9. The first-order chi connectivity index (χ1) is 7.63. The SMILES string of the molecule is COC(=O)[C@@H](C)n1nc(C2CC2)ccc1=O. The summed E-state index contributed by atoms with van der Waals surface area (Å²) < 4.78 is 5.79. The Hall–Kier alpha value is -1.65. The standard InChI is InChI=1S/C11H14N2O3/c1-7(11(15)16-2)13-10(14)6-5-9(12-13)8-3-4-8/h5-8H,3-4H2,1-2H3/t7-/m1/s1. The Kier molecular flexibility index (Phi) is 2.77. The van der Waals surface area contributed by atoms with Crippen LogP contribution in [0.2, 0.25) is 0 Å². The summed E-state index contributed by atoms with van der Waals surface area (Å²) >= 11 is 0. The van der Waals surface area contributed by atoms with Gasteiger partial charge in [-0.2, -0.15) is 5.10 Å². The van der Waals surface area contributed by atoms with Gasteiger partial charge in [0.25, 0.3) is 5.56 Å². The van der Waals surface area contributed by atoms with Crippen LogP contribution < -0.4 is 5.56 Å². The van der Waals surface area contributed by atoms with E-state index < -0.39 is 12.0 Å². The molecule has 1 aliphatic rings. The summed E-state index contributed by atoms with van der Waals surface area (Å²) in [4.78, 5) is 22.9. The lowest BCUT2D eigenvalue weighted by molar-refractivity contribution is -0.144. The first kappa shape index (κ1) is 10.9. The van der Waals surface area contributed by atoms with Crippen molar-refractivity contribution < 1.29 is 9.53 Å². The van der Waals surface area contributed by atoms with Gasteiger partial charge in [-0.3, -0.25) is 4.79 Å². The first-order valence-electron chi connectivity index (χ1n) is 5.31. The highest BCUT2D eigenvalue weighted by Crippen LogP contribution is 2.38. The maximum atomic E-state index is 11.6. The summed E-state index contributed by atoms with van der Waals surface area (Å²) in [6, 6.07) is 2.52. The Morgan fingerprint density at radius 1 is 1.56 bits per heavy atom. The molecule has 86 valence electrons. The van der Waals surface area contributed by atoms with Crippen molar-refractivity contribution in [2.75, 3.05) is 7.11 Å². The second-order valence-electron chi connectivity index (χ2n) is 4.01. The van der Waals surface area contributed by atoms with E-state index in [1.165, 1.54) is 17.9 Å². The third-order valence-electron chi connectivity index (χ3n) is 2.75. The average Bonchev–Trinajstić information content (AvgIpc) is 3.11. The van der Waals surface area contributed by atoms with Crippen LogP contribution in [0.1, 0.15) is 37.4 Å². The van der Waals surface area contributed by atoms with E-state index in [2.05, 4.69) is 9.84 Å². The van der Waals surface area contributed by atoms with E-state index in [9.17, 15) is 9.59 Å². The minimum Gasteiger partial charge on any atom is -0.467 e. The predicted molar refractivity (Wildman–Crippen MR) is 57.2 cm³/mol. The highest BCUT2D eigenvalue weighted by Gasteiger charge is 2.27. The lowest BCUT2D eigenvalue weighted by atomic mass is 10.2. The highest BCUT2D eigenvalue weighted by molar-refractivity contribution is 5.73. The Labute approximate surface area is 93.0 Å². The van der Waals surface area contributed by atoms with Crippen LogP contribution in [0.3, 0.4) is 0 Å². The molecule has 5 heteroatoms. The molecular formula is C11H14N2O3. The van der Waals surface area contributed by atoms with E-state index >= 15 is 0 Å². The van der Waals surface area contributed by atoms with Crippen LogP contribution in [-0.2, 0) is 9.53 Å². The molecule has 0 bridgehead atoms. The molecule has 0 unspecified atom stereocenters. The van der Waals surface area contributed by atoms with Gasteiger partial charge in [-0.15, -0.1) is 0 Å². The van der Waals surface area contributed by atoms with Gasteiger partial charge in [0.1, 0.15) is 0 Å². The minimum atomic E-state index is -0.670. The van der Waals surface area contributed by atoms with E-state index in [0.29, 0.717) is 5.92 Å². The number of carbonyl (C=O) groups is 1. The number of esters is 1. The molecule has 1 saturated carbocycles. The van der Waals surface area contributed by atoms with Crippen molar-refractivity contribution in [2.45, 2.75) is 31.7 Å². The summed E-state index contributed by atoms with van der Waals surface area (Å²) in [5, 5.41) is 4.21. The van der Waals surface area contributed by atoms with Crippen LogP contribution in [0.25, 0.3) is 0 Å². The first-order valence-corrected chi connectivity index (χ1v) is 5.31. The monoisotopic (exact) mass is 222 g/mol. The van der Waals surface area contributed by atoms with E-state index in [4.69, 9.17) is 0 Å². The zero-order chi connectivity index (χ0) is 11.7. The second kappa shape index (κ2) is 4.08. The van der Waals surface area contributed by atoms with Gasteiger partial charge in [0, 0.05) is 12.0 Å². The molecule has 1 aromatic rings. The quantitative estimate of drug-likeness (QED) is 0.711. The summed E-state index contributed by atoms with van der Waals surface area (Å²) in [7, 11) is 1.30. The third-order valence-corrected chi connectivity index (χ3v) is 2.75. The van der Waals surface area contributed by atoms with Gasteiger partial charge in [0.2, 0.25) is 0 Å². The molecule has 0 aromatic carbocycles. The molecule has 0 saturated heterocycles. The minimum absolute atomic E-state index is 0.276. The lowest BCUT2D eigenvalue weighted by Crippen LogP contribution is -2.31. The third kappa shape index (κ3) is 1.98. The lowest BCUT2D eigenvalue weighted by Gasteiger charge is -2.12. The number of hydrogen-bond donors (Lipinski definition) is 0. The van der Waals surface area contributed by atoms with Crippen molar-refractivity contribution in [2.24, 2.45) is 0 Å². The van der Waals surface area contributed by atoms with Gasteiger partial charge in [-0.05, 0) is 25.8 Å². The molecule has 0 N–H and O–H groups in total. The molecule has 0 aliphatic heterocycles. The zero-order valence-electron chi connectivity index (χ0n) is 9.34. The Bertz CT molecular complexity index is 463. The van der Waals surface area contributed by atoms with Gasteiger partial charge >= 0.3 is 5.97 Å². The Morgan fingerprint density at radius 3 is 2.81 bits per heavy atom. The van der Waals surface area contributed by atoms with Gasteiger partial charge in [0.15, 0.2) is 6.04 Å². The highest BCUT2D eigenvalue weighted by atomic mass is 16.5. The van der Waals surface area contributed by atoms with E-state index in [-0.39, 0.29) is 5.56 Å². The number of nitrogens with zero attached hydrogens (tertiary/aromatic N) is 2. The Balaban J connectivity index is 2.34. The van der Waals surface area contributed by atoms with Crippen molar-refractivity contribution in [3.05, 3.63) is 28.2 Å². The molecule has 2 rings (SSSR count). The maximum Gasteiger partial charge on any atom is 0.330 e. The molecule has 1 heterocycles. The molecule has 1 aliphatic carbocycles. The van der Waals surface area contributed by atoms with Gasteiger partial charge in [-0.25, -0.2) is 9.48 Å². The zero-order valence-corrected chi connectivity index (χ0v) is 9.34. The van der Waals surface area contributed by atoms with Crippen molar-refractivity contribution in [3.63, 3.8) is 0 Å². The molecule has 0 amide bonds. The predicted octanol–water partition coefficient (Wildman–Crippen LogP) is 0.855. The molecule has 1 atom stereocenters. The molecule has 5 nitrogen and oxygen atoms in total. The molecule has 0 radical (unpaired) electrons. The van der Waals surface area contributed by atoms with Crippen LogP contribution in [-0.4, -0.2) is 22.9 Å². The van der Waals surface area contributed by atoms with Crippen LogP contribution >= 0.6 is 0 Å². The Morgan fingerprint density at radius 2 is 2.25 bits per heavy atom. The summed E-state index contributed by atoms with van der Waals surface area (Å²) in [6.07, 6.45) is 2.22. The molecule has 1 fully saturated rings. The number of aromatic nitrogens is 2. The summed E-state index contributed by atoms with van der Waals surface area (Å²) in [5.41, 5.74) is 0.609. The smallest absolute Gasteiger partial charge is 0.330 e. The van der Waals surface area contributed by atoms with Crippen molar-refractivity contribution in [1.82, 2.24) is 9.78 Å². The summed E-state index contributed by atoms with van der Waals surface area (Å²) in [6.45, 7) is 1.61. The fraction of sp³-hybridized carbons (Fsp3) is 0.545.